The molecule has 2 aromatic carbocycles. The Labute approximate surface area is 157 Å². The van der Waals surface area contributed by atoms with E-state index in [2.05, 4.69) is 10.3 Å². The maximum atomic E-state index is 12.1. The lowest BCUT2D eigenvalue weighted by Gasteiger charge is -2.07. The predicted octanol–water partition coefficient (Wildman–Crippen LogP) is 3.50. The standard InChI is InChI=1S/C20H21N3O2S/c1-23-18(16-8-10-17(25-2)11-9-16)13-22-20(23)26-14-19(24)21-12-15-6-4-3-5-7-15/h3-11,13H,12,14H2,1-2H3,(H,21,24). The van der Waals surface area contributed by atoms with Crippen molar-refractivity contribution >= 4 is 17.7 Å². The highest BCUT2D eigenvalue weighted by Gasteiger charge is 2.11. The molecule has 0 saturated carbocycles. The molecule has 0 radical (unpaired) electrons. The number of carbonyl (C=O) groups is 1. The van der Waals surface area contributed by atoms with E-state index in [1.54, 1.807) is 7.11 Å². The molecule has 1 N–H and O–H groups in total. The lowest BCUT2D eigenvalue weighted by molar-refractivity contribution is -0.118. The third-order valence-corrected chi connectivity index (χ3v) is 5.04. The van der Waals surface area contributed by atoms with Gasteiger partial charge in [-0.15, -0.1) is 0 Å². The van der Waals surface area contributed by atoms with Crippen LogP contribution in [0.25, 0.3) is 11.3 Å². The van der Waals surface area contributed by atoms with Gasteiger partial charge in [-0.25, -0.2) is 4.98 Å². The normalized spacial score (nSPS) is 10.5. The van der Waals surface area contributed by atoms with E-state index in [1.807, 2.05) is 72.4 Å². The van der Waals surface area contributed by atoms with Gasteiger partial charge in [-0.1, -0.05) is 42.1 Å². The molecule has 26 heavy (non-hydrogen) atoms. The van der Waals surface area contributed by atoms with Gasteiger partial charge in [0, 0.05) is 19.2 Å². The molecular weight excluding hydrogens is 346 g/mol. The number of rotatable bonds is 7. The summed E-state index contributed by atoms with van der Waals surface area (Å²) in [6.07, 6.45) is 1.83. The van der Waals surface area contributed by atoms with Crippen molar-refractivity contribution in [3.63, 3.8) is 0 Å². The quantitative estimate of drug-likeness (QED) is 0.650. The smallest absolute Gasteiger partial charge is 0.230 e. The number of ether oxygens (including phenoxy) is 1. The monoisotopic (exact) mass is 367 g/mol. The number of nitrogens with one attached hydrogen (secondary N) is 1. The fraction of sp³-hybridized carbons (Fsp3) is 0.200. The number of hydrogen-bond acceptors (Lipinski definition) is 4. The number of methoxy groups -OCH3 is 1. The molecule has 134 valence electrons. The van der Waals surface area contributed by atoms with Crippen molar-refractivity contribution in [1.29, 1.82) is 0 Å². The number of imidazole rings is 1. The number of benzene rings is 2. The highest BCUT2D eigenvalue weighted by atomic mass is 32.2. The minimum atomic E-state index is -0.00662. The van der Waals surface area contributed by atoms with E-state index >= 15 is 0 Å². The summed E-state index contributed by atoms with van der Waals surface area (Å²) in [5.41, 5.74) is 3.14. The summed E-state index contributed by atoms with van der Waals surface area (Å²) < 4.78 is 7.19. The van der Waals surface area contributed by atoms with Crippen LogP contribution in [0.1, 0.15) is 5.56 Å². The van der Waals surface area contributed by atoms with Gasteiger partial charge in [0.1, 0.15) is 5.75 Å². The van der Waals surface area contributed by atoms with Gasteiger partial charge in [-0.05, 0) is 29.8 Å². The van der Waals surface area contributed by atoms with Gasteiger partial charge >= 0.3 is 0 Å². The van der Waals surface area contributed by atoms with Crippen LogP contribution in [-0.4, -0.2) is 28.3 Å². The summed E-state index contributed by atoms with van der Waals surface area (Å²) in [6.45, 7) is 0.540. The Balaban J connectivity index is 1.57. The van der Waals surface area contributed by atoms with Crippen LogP contribution in [0.2, 0.25) is 0 Å². The molecule has 0 aliphatic heterocycles. The molecule has 1 heterocycles. The zero-order chi connectivity index (χ0) is 18.4. The van der Waals surface area contributed by atoms with Crippen molar-refractivity contribution in [3.8, 4) is 17.0 Å². The number of thioether (sulfide) groups is 1. The van der Waals surface area contributed by atoms with Crippen LogP contribution >= 0.6 is 11.8 Å². The third kappa shape index (κ3) is 4.46. The second-order valence-corrected chi connectivity index (χ2v) is 6.71. The summed E-state index contributed by atoms with van der Waals surface area (Å²) in [4.78, 5) is 16.5. The maximum absolute atomic E-state index is 12.1. The van der Waals surface area contributed by atoms with E-state index in [9.17, 15) is 4.79 Å². The minimum Gasteiger partial charge on any atom is -0.497 e. The Morgan fingerprint density at radius 2 is 1.88 bits per heavy atom. The highest BCUT2D eigenvalue weighted by molar-refractivity contribution is 7.99. The molecule has 0 atom stereocenters. The maximum Gasteiger partial charge on any atom is 0.230 e. The first kappa shape index (κ1) is 18.1. The second-order valence-electron chi connectivity index (χ2n) is 5.76. The summed E-state index contributed by atoms with van der Waals surface area (Å²) in [5, 5.41) is 3.74. The lowest BCUT2D eigenvalue weighted by atomic mass is 10.1. The molecule has 1 amide bonds. The van der Waals surface area contributed by atoms with Crippen molar-refractivity contribution < 1.29 is 9.53 Å². The van der Waals surface area contributed by atoms with Gasteiger partial charge in [0.25, 0.3) is 0 Å². The average Bonchev–Trinajstić information content (AvgIpc) is 3.06. The van der Waals surface area contributed by atoms with Gasteiger partial charge in [-0.3, -0.25) is 4.79 Å². The van der Waals surface area contributed by atoms with E-state index in [4.69, 9.17) is 4.74 Å². The molecule has 5 nitrogen and oxygen atoms in total. The van der Waals surface area contributed by atoms with Crippen LogP contribution in [-0.2, 0) is 18.4 Å². The Hall–Kier alpha value is -2.73. The Morgan fingerprint density at radius 3 is 2.58 bits per heavy atom. The molecule has 1 aromatic heterocycles. The van der Waals surface area contributed by atoms with Crippen molar-refractivity contribution in [1.82, 2.24) is 14.9 Å². The third-order valence-electron chi connectivity index (χ3n) is 4.00. The molecule has 0 saturated heterocycles. The highest BCUT2D eigenvalue weighted by Crippen LogP contribution is 2.26. The number of carbonyl (C=O) groups excluding carboxylic acids is 1. The summed E-state index contributed by atoms with van der Waals surface area (Å²) >= 11 is 1.43. The van der Waals surface area contributed by atoms with Gasteiger partial charge in [0.2, 0.25) is 5.91 Å². The van der Waals surface area contributed by atoms with Gasteiger partial charge in [0.15, 0.2) is 5.16 Å². The van der Waals surface area contributed by atoms with Gasteiger partial charge in [-0.2, -0.15) is 0 Å². The number of hydrogen-bond donors (Lipinski definition) is 1. The fourth-order valence-corrected chi connectivity index (χ4v) is 3.32. The topological polar surface area (TPSA) is 56.1 Å². The summed E-state index contributed by atoms with van der Waals surface area (Å²) in [6, 6.07) is 17.7. The van der Waals surface area contributed by atoms with Crippen LogP contribution < -0.4 is 10.1 Å². The molecule has 3 aromatic rings. The Bertz CT molecular complexity index is 861. The number of nitrogens with zero attached hydrogens (tertiary/aromatic N) is 2. The molecule has 0 fully saturated rings. The van der Waals surface area contributed by atoms with E-state index in [0.717, 1.165) is 27.7 Å². The number of aromatic nitrogens is 2. The van der Waals surface area contributed by atoms with Gasteiger partial charge in [0.05, 0.1) is 24.8 Å². The molecule has 0 unspecified atom stereocenters. The molecule has 0 spiro atoms. The zero-order valence-electron chi connectivity index (χ0n) is 14.8. The first-order valence-electron chi connectivity index (χ1n) is 8.27. The average molecular weight is 367 g/mol. The van der Waals surface area contributed by atoms with E-state index in [1.165, 1.54) is 11.8 Å². The second kappa shape index (κ2) is 8.58. The van der Waals surface area contributed by atoms with Crippen LogP contribution in [0, 0.1) is 0 Å². The molecule has 3 rings (SSSR count). The molecular formula is C20H21N3O2S. The van der Waals surface area contributed by atoms with E-state index in [0.29, 0.717) is 12.3 Å². The lowest BCUT2D eigenvalue weighted by Crippen LogP contribution is -2.24. The Morgan fingerprint density at radius 1 is 1.15 bits per heavy atom. The first-order chi connectivity index (χ1) is 12.7. The van der Waals surface area contributed by atoms with E-state index in [-0.39, 0.29) is 5.91 Å². The molecule has 6 heteroatoms. The largest absolute Gasteiger partial charge is 0.497 e. The van der Waals surface area contributed by atoms with Crippen LogP contribution in [0.3, 0.4) is 0 Å². The fourth-order valence-electron chi connectivity index (χ4n) is 2.53. The molecule has 0 aliphatic rings. The van der Waals surface area contributed by atoms with Crippen molar-refractivity contribution in [2.45, 2.75) is 11.7 Å². The number of amides is 1. The summed E-state index contributed by atoms with van der Waals surface area (Å²) in [7, 11) is 3.60. The zero-order valence-corrected chi connectivity index (χ0v) is 15.6. The SMILES string of the molecule is COc1ccc(-c2cnc(SCC(=O)NCc3ccccc3)n2C)cc1. The molecule has 0 aliphatic carbocycles. The van der Waals surface area contributed by atoms with Crippen LogP contribution in [0.5, 0.6) is 5.75 Å². The van der Waals surface area contributed by atoms with Crippen LogP contribution in [0.15, 0.2) is 66.0 Å². The Kier molecular flexibility index (Phi) is 5.96. The summed E-state index contributed by atoms with van der Waals surface area (Å²) in [5.74, 6) is 1.15. The van der Waals surface area contributed by atoms with Crippen LogP contribution in [0.4, 0.5) is 0 Å². The first-order valence-corrected chi connectivity index (χ1v) is 9.25. The van der Waals surface area contributed by atoms with E-state index < -0.39 is 0 Å². The van der Waals surface area contributed by atoms with Crippen molar-refractivity contribution in [2.24, 2.45) is 7.05 Å². The van der Waals surface area contributed by atoms with Crippen molar-refractivity contribution in [3.05, 3.63) is 66.4 Å². The minimum absolute atomic E-state index is 0.00662. The predicted molar refractivity (Wildman–Crippen MR) is 104 cm³/mol. The molecule has 0 bridgehead atoms. The van der Waals surface area contributed by atoms with Gasteiger partial charge < -0.3 is 14.6 Å². The van der Waals surface area contributed by atoms with Crippen molar-refractivity contribution in [2.75, 3.05) is 12.9 Å².